The van der Waals surface area contributed by atoms with Gasteiger partial charge in [-0.25, -0.2) is 4.39 Å². The summed E-state index contributed by atoms with van der Waals surface area (Å²) in [5, 5.41) is 9.71. The lowest BCUT2D eigenvalue weighted by atomic mass is 10.1. The highest BCUT2D eigenvalue weighted by molar-refractivity contribution is 8.00. The van der Waals surface area contributed by atoms with Crippen molar-refractivity contribution in [3.63, 3.8) is 0 Å². The number of aromatic nitrogens is 4. The first kappa shape index (κ1) is 18.2. The molecule has 4 aromatic rings. The molecular formula is C20H17FN4O2S. The molecule has 1 atom stereocenters. The lowest BCUT2D eigenvalue weighted by Crippen LogP contribution is -2.15. The number of fused-ring (bicyclic) bond motifs is 1. The maximum atomic E-state index is 13.5. The summed E-state index contributed by atoms with van der Waals surface area (Å²) in [6.07, 6.45) is 1.87. The van der Waals surface area contributed by atoms with E-state index in [4.69, 9.17) is 4.74 Å². The maximum Gasteiger partial charge on any atom is 0.318 e. The molecule has 4 rings (SSSR count). The molecule has 0 aliphatic carbocycles. The molecule has 0 spiro atoms. The fourth-order valence-electron chi connectivity index (χ4n) is 2.97. The van der Waals surface area contributed by atoms with Crippen LogP contribution in [-0.2, 0) is 9.53 Å². The van der Waals surface area contributed by atoms with Crippen molar-refractivity contribution in [2.45, 2.75) is 17.3 Å². The van der Waals surface area contributed by atoms with Crippen LogP contribution in [0, 0.1) is 5.82 Å². The summed E-state index contributed by atoms with van der Waals surface area (Å²) < 4.78 is 20.1. The first-order valence-electron chi connectivity index (χ1n) is 8.61. The Morgan fingerprint density at radius 2 is 1.93 bits per heavy atom. The fraction of sp³-hybridized carbons (Fsp3) is 0.150. The number of aromatic amines is 1. The van der Waals surface area contributed by atoms with Gasteiger partial charge >= 0.3 is 5.97 Å². The van der Waals surface area contributed by atoms with E-state index in [1.54, 1.807) is 19.1 Å². The van der Waals surface area contributed by atoms with Gasteiger partial charge in [0.25, 0.3) is 0 Å². The Kier molecular flexibility index (Phi) is 4.87. The van der Waals surface area contributed by atoms with Gasteiger partial charge < -0.3 is 9.72 Å². The number of nitrogens with one attached hydrogen (secondary N) is 1. The van der Waals surface area contributed by atoms with E-state index in [1.165, 1.54) is 31.0 Å². The summed E-state index contributed by atoms with van der Waals surface area (Å²) in [5.74, 6) is -0.0847. The molecule has 0 saturated heterocycles. The number of ether oxygens (including phenoxy) is 1. The molecular weight excluding hydrogens is 379 g/mol. The van der Waals surface area contributed by atoms with E-state index >= 15 is 0 Å². The van der Waals surface area contributed by atoms with Crippen LogP contribution >= 0.6 is 11.8 Å². The monoisotopic (exact) mass is 396 g/mol. The molecule has 0 saturated carbocycles. The lowest BCUT2D eigenvalue weighted by Gasteiger charge is -2.12. The molecule has 0 fully saturated rings. The number of hydrogen-bond acceptors (Lipinski definition) is 5. The molecule has 0 aliphatic heterocycles. The van der Waals surface area contributed by atoms with Crippen LogP contribution in [0.5, 0.6) is 0 Å². The minimum absolute atomic E-state index is 0.331. The Labute approximate surface area is 164 Å². The molecule has 0 amide bonds. The predicted octanol–water partition coefficient (Wildman–Crippen LogP) is 4.21. The number of benzene rings is 2. The van der Waals surface area contributed by atoms with Gasteiger partial charge in [0.2, 0.25) is 0 Å². The van der Waals surface area contributed by atoms with Crippen LogP contribution in [0.15, 0.2) is 59.9 Å². The van der Waals surface area contributed by atoms with Gasteiger partial charge in [-0.2, -0.15) is 0 Å². The van der Waals surface area contributed by atoms with Crippen LogP contribution in [-0.4, -0.2) is 38.1 Å². The van der Waals surface area contributed by atoms with Crippen LogP contribution < -0.4 is 0 Å². The Hall–Kier alpha value is -3.13. The Morgan fingerprint density at radius 1 is 1.18 bits per heavy atom. The molecule has 8 heteroatoms. The van der Waals surface area contributed by atoms with E-state index in [-0.39, 0.29) is 11.8 Å². The van der Waals surface area contributed by atoms with E-state index in [2.05, 4.69) is 15.2 Å². The van der Waals surface area contributed by atoms with Gasteiger partial charge in [-0.1, -0.05) is 30.0 Å². The van der Waals surface area contributed by atoms with Crippen LogP contribution in [0.25, 0.3) is 28.0 Å². The molecule has 2 aromatic carbocycles. The number of carbonyl (C=O) groups is 1. The Morgan fingerprint density at radius 3 is 2.68 bits per heavy atom. The summed E-state index contributed by atoms with van der Waals surface area (Å²) in [4.78, 5) is 15.1. The fourth-order valence-corrected chi connectivity index (χ4v) is 3.87. The zero-order valence-corrected chi connectivity index (χ0v) is 16.0. The number of halogens is 1. The number of methoxy groups -OCH3 is 1. The quantitative estimate of drug-likeness (QED) is 0.404. The van der Waals surface area contributed by atoms with Gasteiger partial charge in [-0.05, 0) is 37.3 Å². The van der Waals surface area contributed by atoms with E-state index in [9.17, 15) is 9.18 Å². The number of para-hydroxylation sites is 1. The molecule has 0 aliphatic rings. The molecule has 0 bridgehead atoms. The largest absolute Gasteiger partial charge is 0.468 e. The summed E-state index contributed by atoms with van der Waals surface area (Å²) in [6.45, 7) is 1.74. The smallest absolute Gasteiger partial charge is 0.318 e. The highest BCUT2D eigenvalue weighted by Crippen LogP contribution is 2.33. The summed E-state index contributed by atoms with van der Waals surface area (Å²) in [7, 11) is 1.35. The highest BCUT2D eigenvalue weighted by atomic mass is 32.2. The lowest BCUT2D eigenvalue weighted by molar-refractivity contribution is -0.139. The number of nitrogens with zero attached hydrogens (tertiary/aromatic N) is 3. The molecule has 2 aromatic heterocycles. The first-order valence-corrected chi connectivity index (χ1v) is 9.49. The van der Waals surface area contributed by atoms with Gasteiger partial charge in [0.1, 0.15) is 11.1 Å². The van der Waals surface area contributed by atoms with Crippen molar-refractivity contribution in [3.8, 4) is 17.1 Å². The third-order valence-corrected chi connectivity index (χ3v) is 5.38. The van der Waals surface area contributed by atoms with Crippen molar-refractivity contribution in [1.82, 2.24) is 19.7 Å². The van der Waals surface area contributed by atoms with Crippen LogP contribution in [0.4, 0.5) is 4.39 Å². The molecule has 2 heterocycles. The predicted molar refractivity (Wildman–Crippen MR) is 106 cm³/mol. The van der Waals surface area contributed by atoms with Crippen molar-refractivity contribution in [1.29, 1.82) is 0 Å². The van der Waals surface area contributed by atoms with Crippen LogP contribution in [0.1, 0.15) is 6.92 Å². The average Bonchev–Trinajstić information content (AvgIpc) is 3.32. The number of esters is 1. The van der Waals surface area contributed by atoms with Crippen LogP contribution in [0.2, 0.25) is 0 Å². The second kappa shape index (κ2) is 7.47. The molecule has 0 radical (unpaired) electrons. The first-order chi connectivity index (χ1) is 13.6. The van der Waals surface area contributed by atoms with Crippen molar-refractivity contribution < 1.29 is 13.9 Å². The third-order valence-electron chi connectivity index (χ3n) is 4.36. The minimum Gasteiger partial charge on any atom is -0.468 e. The highest BCUT2D eigenvalue weighted by Gasteiger charge is 2.23. The third kappa shape index (κ3) is 3.27. The van der Waals surface area contributed by atoms with Crippen molar-refractivity contribution >= 4 is 28.6 Å². The molecule has 1 N–H and O–H groups in total. The van der Waals surface area contributed by atoms with Gasteiger partial charge in [0.15, 0.2) is 11.0 Å². The van der Waals surface area contributed by atoms with Gasteiger partial charge in [-0.3, -0.25) is 9.36 Å². The van der Waals surface area contributed by atoms with Gasteiger partial charge in [-0.15, -0.1) is 10.2 Å². The van der Waals surface area contributed by atoms with E-state index in [0.717, 1.165) is 16.5 Å². The molecule has 6 nitrogen and oxygen atoms in total. The number of thioether (sulfide) groups is 1. The van der Waals surface area contributed by atoms with E-state index in [1.807, 2.05) is 35.0 Å². The van der Waals surface area contributed by atoms with E-state index in [0.29, 0.717) is 16.7 Å². The zero-order valence-electron chi connectivity index (χ0n) is 15.2. The SMILES string of the molecule is COC(=O)[C@@H](C)Sc1nnc(-c2c[nH]c3ccccc23)n1-c1ccc(F)cc1. The maximum absolute atomic E-state index is 13.5. The van der Waals surface area contributed by atoms with Crippen molar-refractivity contribution in [3.05, 3.63) is 60.5 Å². The Balaban J connectivity index is 1.87. The number of rotatable bonds is 5. The molecule has 0 unspecified atom stereocenters. The minimum atomic E-state index is -0.468. The summed E-state index contributed by atoms with van der Waals surface area (Å²) >= 11 is 1.24. The molecule has 28 heavy (non-hydrogen) atoms. The summed E-state index contributed by atoms with van der Waals surface area (Å²) in [5.41, 5.74) is 2.54. The van der Waals surface area contributed by atoms with Crippen molar-refractivity contribution in [2.24, 2.45) is 0 Å². The standard InChI is InChI=1S/C20H17FN4O2S/c1-12(19(26)27-2)28-20-24-23-18(25(20)14-9-7-13(21)8-10-14)16-11-22-17-6-4-3-5-15(16)17/h3-12,22H,1-2H3/t12-/m1/s1. The molecule has 142 valence electrons. The van der Waals surface area contributed by atoms with Gasteiger partial charge in [0.05, 0.1) is 7.11 Å². The van der Waals surface area contributed by atoms with E-state index < -0.39 is 5.25 Å². The normalized spacial score (nSPS) is 12.2. The number of carbonyl (C=O) groups excluding carboxylic acids is 1. The van der Waals surface area contributed by atoms with Crippen LogP contribution in [0.3, 0.4) is 0 Å². The average molecular weight is 396 g/mol. The second-order valence-electron chi connectivity index (χ2n) is 6.15. The van der Waals surface area contributed by atoms with Crippen molar-refractivity contribution in [2.75, 3.05) is 7.11 Å². The second-order valence-corrected chi connectivity index (χ2v) is 7.46. The Bertz CT molecular complexity index is 1140. The number of hydrogen-bond donors (Lipinski definition) is 1. The van der Waals surface area contributed by atoms with Gasteiger partial charge in [0, 0.05) is 28.4 Å². The zero-order chi connectivity index (χ0) is 19.7. The number of H-pyrrole nitrogens is 1. The summed E-state index contributed by atoms with van der Waals surface area (Å²) in [6, 6.07) is 14.0. The topological polar surface area (TPSA) is 72.8 Å².